The molecule has 1 aromatic carbocycles. The van der Waals surface area contributed by atoms with Crippen LogP contribution < -0.4 is 4.74 Å². The number of hydrogen-bond acceptors (Lipinski definition) is 6. The maximum atomic E-state index is 11.1. The molecule has 1 heterocycles. The molecule has 0 bridgehead atoms. The zero-order valence-corrected chi connectivity index (χ0v) is 11.7. The van der Waals surface area contributed by atoms with Crippen LogP contribution in [-0.2, 0) is 6.42 Å². The second kappa shape index (κ2) is 6.15. The van der Waals surface area contributed by atoms with Crippen molar-refractivity contribution >= 4 is 17.3 Å². The quantitative estimate of drug-likeness (QED) is 0.488. The number of nitro groups is 1. The summed E-state index contributed by atoms with van der Waals surface area (Å²) < 4.78 is 5.49. The third kappa shape index (κ3) is 3.07. The fraction of sp³-hybridized carbons (Fsp3) is 0.154. The molecule has 0 atom stereocenters. The summed E-state index contributed by atoms with van der Waals surface area (Å²) in [6.45, 7) is 1.84. The van der Waals surface area contributed by atoms with Gasteiger partial charge in [0.2, 0.25) is 11.6 Å². The molecule has 0 spiro atoms. The van der Waals surface area contributed by atoms with Gasteiger partial charge in [0.15, 0.2) is 0 Å². The number of aromatic nitrogens is 2. The van der Waals surface area contributed by atoms with Crippen molar-refractivity contribution < 1.29 is 9.66 Å². The minimum atomic E-state index is -0.620. The van der Waals surface area contributed by atoms with Crippen molar-refractivity contribution in [3.8, 4) is 17.7 Å². The van der Waals surface area contributed by atoms with E-state index >= 15 is 0 Å². The molecule has 0 amide bonds. The van der Waals surface area contributed by atoms with Crippen LogP contribution in [-0.4, -0.2) is 14.9 Å². The third-order valence-corrected chi connectivity index (χ3v) is 3.02. The van der Waals surface area contributed by atoms with E-state index in [1.807, 2.05) is 13.0 Å². The first-order chi connectivity index (χ1) is 10.1. The monoisotopic (exact) mass is 304 g/mol. The second-order valence-electron chi connectivity index (χ2n) is 3.96. The van der Waals surface area contributed by atoms with Gasteiger partial charge in [-0.05, 0) is 18.6 Å². The SMILES string of the molecule is CCc1c(Cl)ncnc1Oc1ccc(C#N)cc1[N+](=O)[O-]. The van der Waals surface area contributed by atoms with E-state index in [-0.39, 0.29) is 28.0 Å². The van der Waals surface area contributed by atoms with E-state index in [1.165, 1.54) is 18.5 Å². The normalized spacial score (nSPS) is 9.95. The number of halogens is 1. The van der Waals surface area contributed by atoms with Crippen molar-refractivity contribution in [3.63, 3.8) is 0 Å². The van der Waals surface area contributed by atoms with Gasteiger partial charge in [-0.25, -0.2) is 9.97 Å². The van der Waals surface area contributed by atoms with Gasteiger partial charge in [-0.2, -0.15) is 5.26 Å². The maximum absolute atomic E-state index is 11.1. The van der Waals surface area contributed by atoms with Crippen LogP contribution in [0.25, 0.3) is 0 Å². The van der Waals surface area contributed by atoms with E-state index in [0.717, 1.165) is 6.07 Å². The molecule has 106 valence electrons. The summed E-state index contributed by atoms with van der Waals surface area (Å²) in [6.07, 6.45) is 1.73. The lowest BCUT2D eigenvalue weighted by Crippen LogP contribution is -1.99. The lowest BCUT2D eigenvalue weighted by molar-refractivity contribution is -0.385. The van der Waals surface area contributed by atoms with E-state index in [9.17, 15) is 10.1 Å². The summed E-state index contributed by atoms with van der Waals surface area (Å²) in [6, 6.07) is 5.76. The Hall–Kier alpha value is -2.72. The summed E-state index contributed by atoms with van der Waals surface area (Å²) in [5.41, 5.74) is 0.411. The van der Waals surface area contributed by atoms with Gasteiger partial charge in [0, 0.05) is 6.07 Å². The molecule has 0 fully saturated rings. The fourth-order valence-corrected chi connectivity index (χ4v) is 1.94. The number of nitro benzene ring substituents is 1. The number of ether oxygens (including phenoxy) is 1. The van der Waals surface area contributed by atoms with Gasteiger partial charge in [-0.3, -0.25) is 10.1 Å². The molecule has 7 nitrogen and oxygen atoms in total. The summed E-state index contributed by atoms with van der Waals surface area (Å²) in [5.74, 6) is 0.147. The Morgan fingerprint density at radius 3 is 2.86 bits per heavy atom. The highest BCUT2D eigenvalue weighted by Crippen LogP contribution is 2.33. The molecule has 0 N–H and O–H groups in total. The fourth-order valence-electron chi connectivity index (χ4n) is 1.68. The van der Waals surface area contributed by atoms with Gasteiger partial charge in [0.05, 0.1) is 22.1 Å². The Balaban J connectivity index is 2.47. The number of nitriles is 1. The second-order valence-corrected chi connectivity index (χ2v) is 4.31. The smallest absolute Gasteiger partial charge is 0.312 e. The van der Waals surface area contributed by atoms with Crippen LogP contribution in [0.15, 0.2) is 24.5 Å². The van der Waals surface area contributed by atoms with Crippen LogP contribution in [0.2, 0.25) is 5.15 Å². The first-order valence-electron chi connectivity index (χ1n) is 5.92. The van der Waals surface area contributed by atoms with E-state index in [4.69, 9.17) is 21.6 Å². The largest absolute Gasteiger partial charge is 0.431 e. The molecular formula is C13H9ClN4O3. The van der Waals surface area contributed by atoms with E-state index in [0.29, 0.717) is 12.0 Å². The predicted molar refractivity (Wildman–Crippen MR) is 74.3 cm³/mol. The molecule has 0 aliphatic rings. The van der Waals surface area contributed by atoms with Gasteiger partial charge in [-0.1, -0.05) is 18.5 Å². The summed E-state index contributed by atoms with van der Waals surface area (Å²) in [5, 5.41) is 20.1. The van der Waals surface area contributed by atoms with Gasteiger partial charge in [-0.15, -0.1) is 0 Å². The number of hydrogen-bond donors (Lipinski definition) is 0. The molecule has 1 aromatic heterocycles. The summed E-state index contributed by atoms with van der Waals surface area (Å²) >= 11 is 5.94. The topological polar surface area (TPSA) is 102 Å². The Bertz CT molecular complexity index is 743. The van der Waals surface area contributed by atoms with E-state index < -0.39 is 4.92 Å². The number of benzene rings is 1. The molecule has 2 rings (SSSR count). The first kappa shape index (κ1) is 14.7. The Labute approximate surface area is 124 Å². The molecular weight excluding hydrogens is 296 g/mol. The van der Waals surface area contributed by atoms with Crippen molar-refractivity contribution in [1.29, 1.82) is 5.26 Å². The highest BCUT2D eigenvalue weighted by Gasteiger charge is 2.19. The third-order valence-electron chi connectivity index (χ3n) is 2.70. The van der Waals surface area contributed by atoms with Crippen LogP contribution in [0.1, 0.15) is 18.1 Å². The average Bonchev–Trinajstić information content (AvgIpc) is 2.47. The lowest BCUT2D eigenvalue weighted by Gasteiger charge is -2.09. The minimum Gasteiger partial charge on any atom is -0.431 e. The molecule has 21 heavy (non-hydrogen) atoms. The van der Waals surface area contributed by atoms with Crippen molar-refractivity contribution in [3.05, 3.63) is 50.9 Å². The zero-order chi connectivity index (χ0) is 15.4. The average molecular weight is 305 g/mol. The van der Waals surface area contributed by atoms with E-state index in [2.05, 4.69) is 9.97 Å². The maximum Gasteiger partial charge on any atom is 0.312 e. The lowest BCUT2D eigenvalue weighted by atomic mass is 10.2. The standard InChI is InChI=1S/C13H9ClN4O3/c1-2-9-12(14)16-7-17-13(9)21-11-4-3-8(6-15)5-10(11)18(19)20/h3-5,7H,2H2,1H3. The summed E-state index contributed by atoms with van der Waals surface area (Å²) in [7, 11) is 0. The molecule has 2 aromatic rings. The van der Waals surface area contributed by atoms with Crippen molar-refractivity contribution in [1.82, 2.24) is 9.97 Å². The molecule has 8 heteroatoms. The molecule has 0 radical (unpaired) electrons. The Morgan fingerprint density at radius 2 is 2.24 bits per heavy atom. The molecule has 0 aliphatic carbocycles. The highest BCUT2D eigenvalue weighted by molar-refractivity contribution is 6.30. The highest BCUT2D eigenvalue weighted by atomic mass is 35.5. The minimum absolute atomic E-state index is 0.0107. The van der Waals surface area contributed by atoms with Gasteiger partial charge in [0.1, 0.15) is 11.5 Å². The van der Waals surface area contributed by atoms with Crippen molar-refractivity contribution in [2.75, 3.05) is 0 Å². The van der Waals surface area contributed by atoms with Crippen LogP contribution in [0.4, 0.5) is 5.69 Å². The van der Waals surface area contributed by atoms with Crippen LogP contribution in [0, 0.1) is 21.4 Å². The Kier molecular flexibility index (Phi) is 4.30. The Morgan fingerprint density at radius 1 is 1.48 bits per heavy atom. The number of rotatable bonds is 4. The van der Waals surface area contributed by atoms with Gasteiger partial charge < -0.3 is 4.74 Å². The van der Waals surface area contributed by atoms with Crippen LogP contribution in [0.3, 0.4) is 0 Å². The molecule has 0 unspecified atom stereocenters. The van der Waals surface area contributed by atoms with Crippen molar-refractivity contribution in [2.24, 2.45) is 0 Å². The van der Waals surface area contributed by atoms with Gasteiger partial charge in [0.25, 0.3) is 0 Å². The van der Waals surface area contributed by atoms with Crippen molar-refractivity contribution in [2.45, 2.75) is 13.3 Å². The number of nitrogens with zero attached hydrogens (tertiary/aromatic N) is 4. The van der Waals surface area contributed by atoms with Crippen LogP contribution >= 0.6 is 11.6 Å². The molecule has 0 saturated carbocycles. The first-order valence-corrected chi connectivity index (χ1v) is 6.30. The zero-order valence-electron chi connectivity index (χ0n) is 10.9. The predicted octanol–water partition coefficient (Wildman–Crippen LogP) is 3.26. The molecule has 0 saturated heterocycles. The van der Waals surface area contributed by atoms with Gasteiger partial charge >= 0.3 is 5.69 Å². The van der Waals surface area contributed by atoms with Crippen LogP contribution in [0.5, 0.6) is 11.6 Å². The molecule has 0 aliphatic heterocycles. The van der Waals surface area contributed by atoms with E-state index in [1.54, 1.807) is 0 Å². The summed E-state index contributed by atoms with van der Waals surface area (Å²) in [4.78, 5) is 18.2.